The lowest BCUT2D eigenvalue weighted by molar-refractivity contribution is -0.122. The van der Waals surface area contributed by atoms with Crippen molar-refractivity contribution in [3.63, 3.8) is 0 Å². The summed E-state index contributed by atoms with van der Waals surface area (Å²) in [5.74, 6) is 0.114. The average molecular weight is 314 g/mol. The second kappa shape index (κ2) is 7.54. The van der Waals surface area contributed by atoms with Crippen molar-refractivity contribution in [1.29, 1.82) is 0 Å². The van der Waals surface area contributed by atoms with Crippen LogP contribution in [0.5, 0.6) is 0 Å². The Kier molecular flexibility index (Phi) is 6.36. The van der Waals surface area contributed by atoms with Gasteiger partial charge in [-0.3, -0.25) is 4.79 Å². The highest BCUT2D eigenvalue weighted by atomic mass is 79.9. The van der Waals surface area contributed by atoms with Crippen LogP contribution in [0.2, 0.25) is 0 Å². The maximum Gasteiger partial charge on any atom is 0.220 e. The molecule has 1 rings (SSSR count). The number of hydrogen-bond acceptors (Lipinski definition) is 2. The SMILES string of the molecule is CC(CO)C(C)NC(=O)CCc1cccc(Br)c1. The Hall–Kier alpha value is -0.870. The highest BCUT2D eigenvalue weighted by Gasteiger charge is 2.13. The maximum atomic E-state index is 11.7. The molecule has 0 aliphatic rings. The number of amides is 1. The zero-order valence-corrected chi connectivity index (χ0v) is 12.4. The summed E-state index contributed by atoms with van der Waals surface area (Å²) in [6.45, 7) is 3.92. The van der Waals surface area contributed by atoms with Crippen molar-refractivity contribution in [3.8, 4) is 0 Å². The van der Waals surface area contributed by atoms with E-state index in [4.69, 9.17) is 5.11 Å². The fourth-order valence-corrected chi connectivity index (χ4v) is 2.02. The van der Waals surface area contributed by atoms with Gasteiger partial charge in [0.2, 0.25) is 5.91 Å². The van der Waals surface area contributed by atoms with Gasteiger partial charge in [0.25, 0.3) is 0 Å². The third kappa shape index (κ3) is 5.19. The minimum Gasteiger partial charge on any atom is -0.396 e. The summed E-state index contributed by atoms with van der Waals surface area (Å²) in [5.41, 5.74) is 1.14. The summed E-state index contributed by atoms with van der Waals surface area (Å²) in [5, 5.41) is 11.9. The molecule has 2 unspecified atom stereocenters. The normalized spacial score (nSPS) is 14.0. The fourth-order valence-electron chi connectivity index (χ4n) is 1.58. The van der Waals surface area contributed by atoms with Gasteiger partial charge in [-0.1, -0.05) is 35.0 Å². The van der Waals surface area contributed by atoms with E-state index in [1.54, 1.807) is 0 Å². The van der Waals surface area contributed by atoms with Crippen molar-refractivity contribution in [2.24, 2.45) is 5.92 Å². The van der Waals surface area contributed by atoms with Crippen LogP contribution in [0.25, 0.3) is 0 Å². The van der Waals surface area contributed by atoms with Gasteiger partial charge in [-0.15, -0.1) is 0 Å². The van der Waals surface area contributed by atoms with E-state index in [0.29, 0.717) is 6.42 Å². The van der Waals surface area contributed by atoms with Crippen molar-refractivity contribution >= 4 is 21.8 Å². The number of nitrogens with one attached hydrogen (secondary N) is 1. The molecule has 0 saturated heterocycles. The summed E-state index contributed by atoms with van der Waals surface area (Å²) < 4.78 is 1.03. The minimum atomic E-state index is 0.00464. The zero-order chi connectivity index (χ0) is 13.5. The van der Waals surface area contributed by atoms with Gasteiger partial charge < -0.3 is 10.4 Å². The molecule has 2 N–H and O–H groups in total. The maximum absolute atomic E-state index is 11.7. The van der Waals surface area contributed by atoms with Crippen molar-refractivity contribution in [2.45, 2.75) is 32.7 Å². The standard InChI is InChI=1S/C14H20BrNO2/c1-10(9-17)11(2)16-14(18)7-6-12-4-3-5-13(15)8-12/h3-5,8,10-11,17H,6-7,9H2,1-2H3,(H,16,18). The number of hydrogen-bond donors (Lipinski definition) is 2. The summed E-state index contributed by atoms with van der Waals surface area (Å²) in [6.07, 6.45) is 1.20. The van der Waals surface area contributed by atoms with Crippen molar-refractivity contribution in [2.75, 3.05) is 6.61 Å². The molecule has 0 bridgehead atoms. The number of halogens is 1. The Morgan fingerprint density at radius 2 is 2.17 bits per heavy atom. The predicted molar refractivity (Wildman–Crippen MR) is 76.3 cm³/mol. The monoisotopic (exact) mass is 313 g/mol. The Balaban J connectivity index is 2.37. The van der Waals surface area contributed by atoms with Crippen LogP contribution in [0.15, 0.2) is 28.7 Å². The first-order valence-corrected chi connectivity index (χ1v) is 6.97. The molecule has 0 spiro atoms. The third-order valence-corrected chi connectivity index (χ3v) is 3.55. The second-order valence-electron chi connectivity index (χ2n) is 4.65. The molecule has 1 aromatic rings. The first-order valence-electron chi connectivity index (χ1n) is 6.17. The van der Waals surface area contributed by atoms with E-state index in [9.17, 15) is 4.79 Å². The van der Waals surface area contributed by atoms with Crippen molar-refractivity contribution in [3.05, 3.63) is 34.3 Å². The molecule has 1 aromatic carbocycles. The van der Waals surface area contributed by atoms with Crippen molar-refractivity contribution < 1.29 is 9.90 Å². The Morgan fingerprint density at radius 3 is 2.78 bits per heavy atom. The summed E-state index contributed by atoms with van der Waals surface area (Å²) in [4.78, 5) is 11.7. The molecule has 0 aromatic heterocycles. The summed E-state index contributed by atoms with van der Waals surface area (Å²) in [6, 6.07) is 7.97. The summed E-state index contributed by atoms with van der Waals surface area (Å²) in [7, 11) is 0. The van der Waals surface area contributed by atoms with Crippen LogP contribution in [-0.4, -0.2) is 23.7 Å². The smallest absolute Gasteiger partial charge is 0.220 e. The number of aliphatic hydroxyl groups is 1. The second-order valence-corrected chi connectivity index (χ2v) is 5.56. The number of rotatable bonds is 6. The van der Waals surface area contributed by atoms with Crippen LogP contribution in [0, 0.1) is 5.92 Å². The quantitative estimate of drug-likeness (QED) is 0.848. The average Bonchev–Trinajstić information content (AvgIpc) is 2.35. The largest absolute Gasteiger partial charge is 0.396 e. The van der Waals surface area contributed by atoms with Crippen LogP contribution in [0.4, 0.5) is 0 Å². The number of aryl methyl sites for hydroxylation is 1. The predicted octanol–water partition coefficient (Wildman–Crippen LogP) is 2.51. The molecule has 3 nitrogen and oxygen atoms in total. The molecular weight excluding hydrogens is 294 g/mol. The van der Waals surface area contributed by atoms with E-state index in [2.05, 4.69) is 21.2 Å². The number of carbonyl (C=O) groups excluding carboxylic acids is 1. The lowest BCUT2D eigenvalue weighted by Gasteiger charge is -2.19. The molecule has 0 fully saturated rings. The Bertz CT molecular complexity index is 395. The van der Waals surface area contributed by atoms with Gasteiger partial charge in [0, 0.05) is 23.5 Å². The van der Waals surface area contributed by atoms with Crippen molar-refractivity contribution in [1.82, 2.24) is 5.32 Å². The molecule has 0 heterocycles. The molecule has 2 atom stereocenters. The lowest BCUT2D eigenvalue weighted by atomic mass is 10.0. The van der Waals surface area contributed by atoms with Gasteiger partial charge in [-0.05, 0) is 37.0 Å². The van der Waals surface area contributed by atoms with Gasteiger partial charge in [-0.2, -0.15) is 0 Å². The van der Waals surface area contributed by atoms with Crippen LogP contribution >= 0.6 is 15.9 Å². The van der Waals surface area contributed by atoms with E-state index in [0.717, 1.165) is 16.5 Å². The highest BCUT2D eigenvalue weighted by Crippen LogP contribution is 2.13. The topological polar surface area (TPSA) is 49.3 Å². The molecule has 0 aliphatic heterocycles. The Morgan fingerprint density at radius 1 is 1.44 bits per heavy atom. The van der Waals surface area contributed by atoms with E-state index >= 15 is 0 Å². The highest BCUT2D eigenvalue weighted by molar-refractivity contribution is 9.10. The van der Waals surface area contributed by atoms with Gasteiger partial charge >= 0.3 is 0 Å². The molecular formula is C14H20BrNO2. The fraction of sp³-hybridized carbons (Fsp3) is 0.500. The van der Waals surface area contributed by atoms with Gasteiger partial charge in [0.05, 0.1) is 0 Å². The van der Waals surface area contributed by atoms with E-state index in [1.807, 2.05) is 38.1 Å². The van der Waals surface area contributed by atoms with Gasteiger partial charge in [0.1, 0.15) is 0 Å². The molecule has 18 heavy (non-hydrogen) atoms. The molecule has 0 aliphatic carbocycles. The van der Waals surface area contributed by atoms with Crippen LogP contribution < -0.4 is 5.32 Å². The van der Waals surface area contributed by atoms with Crippen LogP contribution in [-0.2, 0) is 11.2 Å². The molecule has 100 valence electrons. The van der Waals surface area contributed by atoms with Crippen LogP contribution in [0.1, 0.15) is 25.8 Å². The van der Waals surface area contributed by atoms with E-state index < -0.39 is 0 Å². The zero-order valence-electron chi connectivity index (χ0n) is 10.8. The first kappa shape index (κ1) is 15.2. The van der Waals surface area contributed by atoms with Gasteiger partial charge in [0.15, 0.2) is 0 Å². The van der Waals surface area contributed by atoms with E-state index in [1.165, 1.54) is 0 Å². The van der Waals surface area contributed by atoms with E-state index in [-0.39, 0.29) is 24.5 Å². The summed E-state index contributed by atoms with van der Waals surface area (Å²) >= 11 is 3.41. The van der Waals surface area contributed by atoms with Gasteiger partial charge in [-0.25, -0.2) is 0 Å². The molecule has 1 amide bonds. The third-order valence-electron chi connectivity index (χ3n) is 3.06. The number of aliphatic hydroxyl groups excluding tert-OH is 1. The Labute approximate surface area is 117 Å². The van der Waals surface area contributed by atoms with Crippen LogP contribution in [0.3, 0.4) is 0 Å². The molecule has 4 heteroatoms. The molecule has 0 radical (unpaired) electrons. The lowest BCUT2D eigenvalue weighted by Crippen LogP contribution is -2.38. The minimum absolute atomic E-state index is 0.00464. The first-order chi connectivity index (χ1) is 8.52. The molecule has 0 saturated carbocycles. The number of benzene rings is 1. The number of carbonyl (C=O) groups is 1.